The number of hydrogen-bond acceptors (Lipinski definition) is 5. The van der Waals surface area contributed by atoms with Crippen molar-refractivity contribution in [1.29, 1.82) is 0 Å². The minimum absolute atomic E-state index is 0.343. The van der Waals surface area contributed by atoms with Gasteiger partial charge < -0.3 is 15.5 Å². The van der Waals surface area contributed by atoms with Gasteiger partial charge in [0.25, 0.3) is 0 Å². The summed E-state index contributed by atoms with van der Waals surface area (Å²) in [5.41, 5.74) is 0. The number of piperidine rings is 1. The minimum Gasteiger partial charge on any atom is -0.373 e. The van der Waals surface area contributed by atoms with Crippen LogP contribution in [0.2, 0.25) is 0 Å². The molecule has 2 atom stereocenters. The van der Waals surface area contributed by atoms with Crippen LogP contribution < -0.4 is 10.6 Å². The summed E-state index contributed by atoms with van der Waals surface area (Å²) >= 11 is 0. The molecule has 116 valence electrons. The van der Waals surface area contributed by atoms with E-state index in [-0.39, 0.29) is 0 Å². The number of nitrogens with one attached hydrogen (secondary N) is 2. The first-order valence-corrected chi connectivity index (χ1v) is 8.23. The lowest BCUT2D eigenvalue weighted by atomic mass is 9.97. The van der Waals surface area contributed by atoms with Crippen molar-refractivity contribution in [3.8, 4) is 0 Å². The lowest BCUT2D eigenvalue weighted by Crippen LogP contribution is -2.42. The highest BCUT2D eigenvalue weighted by Gasteiger charge is 2.31. The Balaban J connectivity index is 1.70. The third-order valence-electron chi connectivity index (χ3n) is 4.69. The monoisotopic (exact) mass is 289 g/mol. The van der Waals surface area contributed by atoms with Crippen LogP contribution in [-0.2, 0) is 0 Å². The van der Waals surface area contributed by atoms with Gasteiger partial charge in [0, 0.05) is 37.7 Å². The number of nitrogens with zero attached hydrogens (tertiary/aromatic N) is 3. The SMILES string of the molecule is CNc1cc(NC2CCN3CCCC3C2)nc(C(C)C)n1. The summed E-state index contributed by atoms with van der Waals surface area (Å²) in [5, 5.41) is 6.78. The van der Waals surface area contributed by atoms with Crippen LogP contribution in [0.1, 0.15) is 51.3 Å². The van der Waals surface area contributed by atoms with Gasteiger partial charge in [-0.2, -0.15) is 0 Å². The van der Waals surface area contributed by atoms with Crippen LogP contribution in [-0.4, -0.2) is 47.1 Å². The standard InChI is InChI=1S/C16H27N5/c1-11(2)16-19-14(17-3)10-15(20-16)18-12-6-8-21-7-4-5-13(21)9-12/h10-13H,4-9H2,1-3H3,(H2,17,18,19,20). The van der Waals surface area contributed by atoms with Crippen molar-refractivity contribution in [3.63, 3.8) is 0 Å². The Hall–Kier alpha value is -1.36. The molecule has 2 aliphatic heterocycles. The highest BCUT2D eigenvalue weighted by atomic mass is 15.2. The third-order valence-corrected chi connectivity index (χ3v) is 4.69. The van der Waals surface area contributed by atoms with E-state index in [0.717, 1.165) is 23.5 Å². The van der Waals surface area contributed by atoms with Crippen LogP contribution in [0.5, 0.6) is 0 Å². The maximum absolute atomic E-state index is 4.68. The summed E-state index contributed by atoms with van der Waals surface area (Å²) in [6, 6.07) is 3.35. The Labute approximate surface area is 127 Å². The molecule has 5 nitrogen and oxygen atoms in total. The Morgan fingerprint density at radius 1 is 1.19 bits per heavy atom. The number of fused-ring (bicyclic) bond motifs is 1. The zero-order valence-corrected chi connectivity index (χ0v) is 13.4. The molecule has 2 aliphatic rings. The topological polar surface area (TPSA) is 53.1 Å². The molecule has 21 heavy (non-hydrogen) atoms. The second-order valence-electron chi connectivity index (χ2n) is 6.60. The van der Waals surface area contributed by atoms with Crippen molar-refractivity contribution in [2.75, 3.05) is 30.8 Å². The predicted molar refractivity (Wildman–Crippen MR) is 86.9 cm³/mol. The molecule has 0 aromatic carbocycles. The number of anilines is 2. The van der Waals surface area contributed by atoms with Crippen LogP contribution >= 0.6 is 0 Å². The van der Waals surface area contributed by atoms with Crippen LogP contribution in [0.25, 0.3) is 0 Å². The van der Waals surface area contributed by atoms with Gasteiger partial charge in [0.1, 0.15) is 17.5 Å². The Morgan fingerprint density at radius 2 is 2.00 bits per heavy atom. The summed E-state index contributed by atoms with van der Waals surface area (Å²) in [7, 11) is 1.91. The highest BCUT2D eigenvalue weighted by Crippen LogP contribution is 2.28. The molecule has 0 radical (unpaired) electrons. The predicted octanol–water partition coefficient (Wildman–Crippen LogP) is 2.68. The van der Waals surface area contributed by atoms with E-state index in [9.17, 15) is 0 Å². The molecule has 0 amide bonds. The smallest absolute Gasteiger partial charge is 0.135 e. The van der Waals surface area contributed by atoms with E-state index in [1.165, 1.54) is 38.8 Å². The van der Waals surface area contributed by atoms with Crippen molar-refractivity contribution in [1.82, 2.24) is 14.9 Å². The molecule has 2 unspecified atom stereocenters. The van der Waals surface area contributed by atoms with Gasteiger partial charge in [0.05, 0.1) is 0 Å². The van der Waals surface area contributed by atoms with Gasteiger partial charge in [-0.1, -0.05) is 13.8 Å². The number of rotatable bonds is 4. The molecule has 0 aliphatic carbocycles. The molecular weight excluding hydrogens is 262 g/mol. The molecule has 2 fully saturated rings. The average Bonchev–Trinajstić information content (AvgIpc) is 2.94. The van der Waals surface area contributed by atoms with Gasteiger partial charge in [0.15, 0.2) is 0 Å². The highest BCUT2D eigenvalue weighted by molar-refractivity contribution is 5.48. The molecule has 0 bridgehead atoms. The molecule has 5 heteroatoms. The fourth-order valence-corrected chi connectivity index (χ4v) is 3.49. The van der Waals surface area contributed by atoms with Crippen LogP contribution in [0.3, 0.4) is 0 Å². The number of aromatic nitrogens is 2. The van der Waals surface area contributed by atoms with Gasteiger partial charge in [-0.3, -0.25) is 0 Å². The average molecular weight is 289 g/mol. The van der Waals surface area contributed by atoms with Crippen LogP contribution in [0.15, 0.2) is 6.07 Å². The molecule has 0 saturated carbocycles. The Morgan fingerprint density at radius 3 is 2.76 bits per heavy atom. The first kappa shape index (κ1) is 14.6. The first-order chi connectivity index (χ1) is 10.2. The molecule has 2 N–H and O–H groups in total. The fourth-order valence-electron chi connectivity index (χ4n) is 3.49. The summed E-state index contributed by atoms with van der Waals surface area (Å²) in [4.78, 5) is 11.9. The van der Waals surface area contributed by atoms with Crippen molar-refractivity contribution in [3.05, 3.63) is 11.9 Å². The van der Waals surface area contributed by atoms with E-state index >= 15 is 0 Å². The summed E-state index contributed by atoms with van der Waals surface area (Å²) in [6.07, 6.45) is 5.19. The van der Waals surface area contributed by atoms with Gasteiger partial charge in [-0.15, -0.1) is 0 Å². The van der Waals surface area contributed by atoms with Crippen LogP contribution in [0, 0.1) is 0 Å². The molecule has 3 rings (SSSR count). The van der Waals surface area contributed by atoms with Crippen molar-refractivity contribution < 1.29 is 0 Å². The molecule has 3 heterocycles. The van der Waals surface area contributed by atoms with Gasteiger partial charge >= 0.3 is 0 Å². The van der Waals surface area contributed by atoms with Crippen molar-refractivity contribution in [2.24, 2.45) is 0 Å². The molecular formula is C16H27N5. The van der Waals surface area contributed by atoms with Crippen molar-refractivity contribution in [2.45, 2.75) is 57.5 Å². The largest absolute Gasteiger partial charge is 0.373 e. The van der Waals surface area contributed by atoms with Crippen molar-refractivity contribution >= 4 is 11.6 Å². The second kappa shape index (κ2) is 6.18. The van der Waals surface area contributed by atoms with E-state index in [1.54, 1.807) is 0 Å². The second-order valence-corrected chi connectivity index (χ2v) is 6.60. The lowest BCUT2D eigenvalue weighted by Gasteiger charge is -2.35. The van der Waals surface area contributed by atoms with Crippen LogP contribution in [0.4, 0.5) is 11.6 Å². The minimum atomic E-state index is 0.343. The van der Waals surface area contributed by atoms with E-state index in [4.69, 9.17) is 0 Å². The van der Waals surface area contributed by atoms with E-state index in [2.05, 4.69) is 39.3 Å². The zero-order chi connectivity index (χ0) is 14.8. The zero-order valence-electron chi connectivity index (χ0n) is 13.4. The molecule has 0 spiro atoms. The third kappa shape index (κ3) is 3.28. The number of hydrogen-bond donors (Lipinski definition) is 2. The fraction of sp³-hybridized carbons (Fsp3) is 0.750. The maximum atomic E-state index is 4.68. The van der Waals surface area contributed by atoms with Gasteiger partial charge in [0.2, 0.25) is 0 Å². The normalized spacial score (nSPS) is 25.9. The molecule has 1 aromatic rings. The summed E-state index contributed by atoms with van der Waals surface area (Å²) < 4.78 is 0. The van der Waals surface area contributed by atoms with E-state index < -0.39 is 0 Å². The van der Waals surface area contributed by atoms with Gasteiger partial charge in [-0.05, 0) is 32.2 Å². The molecule has 2 saturated heterocycles. The maximum Gasteiger partial charge on any atom is 0.135 e. The van der Waals surface area contributed by atoms with Gasteiger partial charge in [-0.25, -0.2) is 9.97 Å². The lowest BCUT2D eigenvalue weighted by molar-refractivity contribution is 0.188. The quantitative estimate of drug-likeness (QED) is 0.892. The molecule has 1 aromatic heterocycles. The summed E-state index contributed by atoms with van der Waals surface area (Å²) in [5.74, 6) is 3.11. The summed E-state index contributed by atoms with van der Waals surface area (Å²) in [6.45, 7) is 6.79. The van der Waals surface area contributed by atoms with E-state index in [1.807, 2.05) is 13.1 Å². The Kier molecular flexibility index (Phi) is 4.29. The first-order valence-electron chi connectivity index (χ1n) is 8.23. The Bertz CT molecular complexity index is 488. The van der Waals surface area contributed by atoms with E-state index in [0.29, 0.717) is 12.0 Å².